The SMILES string of the molecule is C=CC(C)(C)N[SH](=O)=O. The quantitative estimate of drug-likeness (QED) is 0.440. The fraction of sp³-hybridized carbons (Fsp3) is 0.600. The zero-order valence-electron chi connectivity index (χ0n) is 5.55. The van der Waals surface area contributed by atoms with Crippen LogP contribution in [-0.2, 0) is 10.9 Å². The van der Waals surface area contributed by atoms with Gasteiger partial charge in [-0.15, -0.1) is 6.58 Å². The van der Waals surface area contributed by atoms with Gasteiger partial charge in [0.2, 0.25) is 10.9 Å². The first kappa shape index (κ1) is 8.65. The van der Waals surface area contributed by atoms with E-state index in [1.54, 1.807) is 13.8 Å². The Kier molecular flexibility index (Phi) is 2.87. The fourth-order valence-corrected chi connectivity index (χ4v) is 0.843. The van der Waals surface area contributed by atoms with Crippen LogP contribution in [0.5, 0.6) is 0 Å². The summed E-state index contributed by atoms with van der Waals surface area (Å²) in [5.74, 6) is 0. The maximum Gasteiger partial charge on any atom is 0.202 e. The van der Waals surface area contributed by atoms with E-state index in [0.29, 0.717) is 0 Å². The van der Waals surface area contributed by atoms with E-state index >= 15 is 0 Å². The van der Waals surface area contributed by atoms with Crippen molar-refractivity contribution in [1.29, 1.82) is 0 Å². The molecule has 0 radical (unpaired) electrons. The third-order valence-corrected chi connectivity index (χ3v) is 1.65. The zero-order chi connectivity index (χ0) is 7.49. The minimum atomic E-state index is -2.52. The Morgan fingerprint density at radius 1 is 1.56 bits per heavy atom. The van der Waals surface area contributed by atoms with Gasteiger partial charge >= 0.3 is 0 Å². The van der Waals surface area contributed by atoms with E-state index in [1.165, 1.54) is 6.08 Å². The predicted molar refractivity (Wildman–Crippen MR) is 37.7 cm³/mol. The van der Waals surface area contributed by atoms with Gasteiger partial charge in [0.1, 0.15) is 0 Å². The van der Waals surface area contributed by atoms with Crippen LogP contribution in [-0.4, -0.2) is 14.0 Å². The number of hydrogen-bond acceptors (Lipinski definition) is 2. The summed E-state index contributed by atoms with van der Waals surface area (Å²) in [6, 6.07) is 0. The van der Waals surface area contributed by atoms with Crippen molar-refractivity contribution < 1.29 is 8.42 Å². The first-order valence-corrected chi connectivity index (χ1v) is 3.71. The van der Waals surface area contributed by atoms with Gasteiger partial charge in [0.15, 0.2) is 0 Å². The minimum Gasteiger partial charge on any atom is -0.215 e. The number of rotatable bonds is 3. The van der Waals surface area contributed by atoms with Gasteiger partial charge in [0.25, 0.3) is 0 Å². The van der Waals surface area contributed by atoms with E-state index in [0.717, 1.165) is 0 Å². The summed E-state index contributed by atoms with van der Waals surface area (Å²) in [5.41, 5.74) is -0.519. The molecule has 0 saturated carbocycles. The summed E-state index contributed by atoms with van der Waals surface area (Å²) < 4.78 is 22.4. The molecule has 0 aliphatic carbocycles. The van der Waals surface area contributed by atoms with Gasteiger partial charge in [-0.3, -0.25) is 0 Å². The second-order valence-electron chi connectivity index (χ2n) is 2.29. The van der Waals surface area contributed by atoms with Crippen LogP contribution in [0.15, 0.2) is 12.7 Å². The summed E-state index contributed by atoms with van der Waals surface area (Å²) >= 11 is 0. The van der Waals surface area contributed by atoms with E-state index < -0.39 is 16.4 Å². The normalized spacial score (nSPS) is 11.9. The van der Waals surface area contributed by atoms with Gasteiger partial charge in [0.05, 0.1) is 0 Å². The smallest absolute Gasteiger partial charge is 0.202 e. The molecule has 4 heteroatoms. The molecule has 1 N–H and O–H groups in total. The molecule has 0 aromatic carbocycles. The molecule has 0 saturated heterocycles. The highest BCUT2D eigenvalue weighted by atomic mass is 32.2. The molecular weight excluding hydrogens is 138 g/mol. The molecule has 0 unspecified atom stereocenters. The van der Waals surface area contributed by atoms with Crippen molar-refractivity contribution >= 4 is 10.9 Å². The third-order valence-electron chi connectivity index (χ3n) is 0.890. The lowest BCUT2D eigenvalue weighted by Crippen LogP contribution is -2.35. The number of thiol groups is 1. The van der Waals surface area contributed by atoms with Gasteiger partial charge in [-0.1, -0.05) is 6.08 Å². The van der Waals surface area contributed by atoms with Crippen LogP contribution in [0.4, 0.5) is 0 Å². The Labute approximate surface area is 56.9 Å². The molecule has 0 heterocycles. The van der Waals surface area contributed by atoms with Crippen LogP contribution in [0.2, 0.25) is 0 Å². The lowest BCUT2D eigenvalue weighted by molar-refractivity contribution is 0.546. The van der Waals surface area contributed by atoms with E-state index in [1.807, 2.05) is 0 Å². The molecule has 0 amide bonds. The molecule has 0 aromatic rings. The molecule has 9 heavy (non-hydrogen) atoms. The summed E-state index contributed by atoms with van der Waals surface area (Å²) in [6.45, 7) is 6.91. The standard InChI is InChI=1S/C5H11NO2S/c1-4-5(2,3)6-9(7)8/h4,9H,1H2,2-3H3,(H,6,7,8). The van der Waals surface area contributed by atoms with Gasteiger partial charge in [-0.05, 0) is 13.8 Å². The van der Waals surface area contributed by atoms with E-state index in [2.05, 4.69) is 11.3 Å². The first-order chi connectivity index (χ1) is 3.98. The predicted octanol–water partition coefficient (Wildman–Crippen LogP) is 0.0670. The van der Waals surface area contributed by atoms with Crippen molar-refractivity contribution in [2.24, 2.45) is 0 Å². The van der Waals surface area contributed by atoms with Crippen LogP contribution < -0.4 is 4.72 Å². The van der Waals surface area contributed by atoms with Crippen molar-refractivity contribution in [1.82, 2.24) is 4.72 Å². The molecule has 0 aromatic heterocycles. The van der Waals surface area contributed by atoms with Gasteiger partial charge in [-0.2, -0.15) is 0 Å². The monoisotopic (exact) mass is 149 g/mol. The van der Waals surface area contributed by atoms with Crippen molar-refractivity contribution in [3.05, 3.63) is 12.7 Å². The summed E-state index contributed by atoms with van der Waals surface area (Å²) in [7, 11) is -2.52. The Bertz CT molecular complexity index is 164. The van der Waals surface area contributed by atoms with Gasteiger partial charge < -0.3 is 0 Å². The lowest BCUT2D eigenvalue weighted by Gasteiger charge is -2.15. The molecule has 0 spiro atoms. The number of nitrogens with one attached hydrogen (secondary N) is 1. The van der Waals surface area contributed by atoms with E-state index in [9.17, 15) is 8.42 Å². The molecule has 0 bridgehead atoms. The molecule has 54 valence electrons. The Morgan fingerprint density at radius 3 is 2.11 bits per heavy atom. The molecule has 0 aliphatic rings. The van der Waals surface area contributed by atoms with Crippen LogP contribution in [0.1, 0.15) is 13.8 Å². The molecular formula is C5H11NO2S. The van der Waals surface area contributed by atoms with Crippen molar-refractivity contribution in [2.45, 2.75) is 19.4 Å². The first-order valence-electron chi connectivity index (χ1n) is 2.54. The molecule has 0 fully saturated rings. The highest BCUT2D eigenvalue weighted by molar-refractivity contribution is 7.70. The second-order valence-corrected chi connectivity index (χ2v) is 3.03. The highest BCUT2D eigenvalue weighted by Crippen LogP contribution is 2.00. The molecule has 0 rings (SSSR count). The average molecular weight is 149 g/mol. The zero-order valence-corrected chi connectivity index (χ0v) is 6.44. The Hall–Kier alpha value is -0.350. The maximum absolute atomic E-state index is 10.1. The third kappa shape index (κ3) is 4.17. The van der Waals surface area contributed by atoms with Crippen LogP contribution in [0.3, 0.4) is 0 Å². The largest absolute Gasteiger partial charge is 0.215 e. The van der Waals surface area contributed by atoms with Crippen LogP contribution >= 0.6 is 0 Å². The second kappa shape index (κ2) is 2.98. The van der Waals surface area contributed by atoms with Crippen LogP contribution in [0.25, 0.3) is 0 Å². The number of hydrogen-bond donors (Lipinski definition) is 2. The highest BCUT2D eigenvalue weighted by Gasteiger charge is 2.11. The minimum absolute atomic E-state index is 0.519. The summed E-state index contributed by atoms with van der Waals surface area (Å²) in [6.07, 6.45) is 1.54. The average Bonchev–Trinajstić information content (AvgIpc) is 1.63. The van der Waals surface area contributed by atoms with Crippen LogP contribution in [0, 0.1) is 0 Å². The van der Waals surface area contributed by atoms with Crippen molar-refractivity contribution in [2.75, 3.05) is 0 Å². The molecule has 0 aliphatic heterocycles. The Balaban J connectivity index is 4.02. The molecule has 0 atom stereocenters. The summed E-state index contributed by atoms with van der Waals surface area (Å²) in [5, 5.41) is 0. The summed E-state index contributed by atoms with van der Waals surface area (Å²) in [4.78, 5) is 0. The van der Waals surface area contributed by atoms with Gasteiger partial charge in [-0.25, -0.2) is 13.1 Å². The lowest BCUT2D eigenvalue weighted by atomic mass is 10.1. The fourth-order valence-electron chi connectivity index (χ4n) is 0.281. The van der Waals surface area contributed by atoms with E-state index in [-0.39, 0.29) is 0 Å². The van der Waals surface area contributed by atoms with Crippen molar-refractivity contribution in [3.63, 3.8) is 0 Å². The Morgan fingerprint density at radius 2 is 2.00 bits per heavy atom. The van der Waals surface area contributed by atoms with E-state index in [4.69, 9.17) is 0 Å². The van der Waals surface area contributed by atoms with Crippen molar-refractivity contribution in [3.8, 4) is 0 Å². The van der Waals surface area contributed by atoms with Gasteiger partial charge in [0, 0.05) is 5.54 Å². The maximum atomic E-state index is 10.1. The molecule has 3 nitrogen and oxygen atoms in total. The topological polar surface area (TPSA) is 46.2 Å².